The minimum absolute atomic E-state index is 0.238. The summed E-state index contributed by atoms with van der Waals surface area (Å²) in [7, 11) is 0. The van der Waals surface area contributed by atoms with E-state index in [0.717, 1.165) is 11.0 Å². The van der Waals surface area contributed by atoms with E-state index in [2.05, 4.69) is 15.4 Å². The minimum atomic E-state index is -0.664. The summed E-state index contributed by atoms with van der Waals surface area (Å²) in [5.41, 5.74) is 2.13. The third-order valence-electron chi connectivity index (χ3n) is 3.97. The van der Waals surface area contributed by atoms with Crippen LogP contribution in [0.4, 0.5) is 0 Å². The molecule has 132 valence electrons. The molecular weight excluding hydrogens is 377 g/mol. The van der Waals surface area contributed by atoms with Crippen LogP contribution in [0, 0.1) is 0 Å². The third kappa shape index (κ3) is 2.89. The monoisotopic (exact) mass is 389 g/mol. The van der Waals surface area contributed by atoms with Gasteiger partial charge >= 0.3 is 0 Å². The number of carbonyl (C=O) groups excluding carboxylic acids is 1. The van der Waals surface area contributed by atoms with Crippen LogP contribution in [-0.2, 0) is 16.1 Å². The maximum atomic E-state index is 12.0. The zero-order valence-corrected chi connectivity index (χ0v) is 15.1. The fourth-order valence-electron chi connectivity index (χ4n) is 2.74. The van der Waals surface area contributed by atoms with E-state index in [-0.39, 0.29) is 18.3 Å². The molecule has 0 fully saturated rings. The summed E-state index contributed by atoms with van der Waals surface area (Å²) in [6.07, 6.45) is -0.664. The van der Waals surface area contributed by atoms with Gasteiger partial charge in [-0.3, -0.25) is 4.79 Å². The Balaban J connectivity index is 1.65. The zero-order chi connectivity index (χ0) is 18.3. The smallest absolute Gasteiger partial charge is 0.243 e. The maximum Gasteiger partial charge on any atom is 0.243 e. The maximum absolute atomic E-state index is 12.0. The fraction of sp³-hybridized carbons (Fsp3) is 0.176. The van der Waals surface area contributed by atoms with Crippen LogP contribution < -0.4 is 0 Å². The molecule has 0 spiro atoms. The molecule has 2 heterocycles. The molecule has 0 bridgehead atoms. The third-order valence-corrected chi connectivity index (χ3v) is 4.79. The normalized spacial score (nSPS) is 16.7. The van der Waals surface area contributed by atoms with E-state index in [1.54, 1.807) is 22.9 Å². The van der Waals surface area contributed by atoms with Crippen LogP contribution in [0.2, 0.25) is 10.0 Å². The predicted octanol–water partition coefficient (Wildman–Crippen LogP) is 3.30. The number of fused-ring (bicyclic) bond motifs is 1. The first-order valence-corrected chi connectivity index (χ1v) is 8.58. The molecule has 4 rings (SSSR count). The van der Waals surface area contributed by atoms with Gasteiger partial charge in [-0.1, -0.05) is 46.6 Å². The molecule has 2 aromatic carbocycles. The molecule has 0 saturated carbocycles. The average molecular weight is 390 g/mol. The highest BCUT2D eigenvalue weighted by atomic mass is 35.5. The molecule has 9 heteroatoms. The average Bonchev–Trinajstić information content (AvgIpc) is 3.23. The number of hydrogen-bond donors (Lipinski definition) is 0. The van der Waals surface area contributed by atoms with Crippen LogP contribution in [0.3, 0.4) is 0 Å². The van der Waals surface area contributed by atoms with E-state index < -0.39 is 6.23 Å². The Labute approximate surface area is 158 Å². The lowest BCUT2D eigenvalue weighted by Crippen LogP contribution is -2.35. The summed E-state index contributed by atoms with van der Waals surface area (Å²) in [6, 6.07) is 12.7. The first-order valence-electron chi connectivity index (χ1n) is 7.82. The number of rotatable bonds is 3. The van der Waals surface area contributed by atoms with Gasteiger partial charge in [0, 0.05) is 6.92 Å². The van der Waals surface area contributed by atoms with Gasteiger partial charge in [-0.15, -0.1) is 10.2 Å². The second-order valence-electron chi connectivity index (χ2n) is 5.70. The molecule has 0 saturated heterocycles. The van der Waals surface area contributed by atoms with Crippen molar-refractivity contribution in [1.82, 2.24) is 20.0 Å². The Bertz CT molecular complexity index is 1030. The second kappa shape index (κ2) is 6.59. The summed E-state index contributed by atoms with van der Waals surface area (Å²) in [5, 5.41) is 14.5. The van der Waals surface area contributed by atoms with Crippen molar-refractivity contribution < 1.29 is 9.53 Å². The van der Waals surface area contributed by atoms with E-state index in [9.17, 15) is 4.79 Å². The lowest BCUT2D eigenvalue weighted by atomic mass is 10.2. The molecule has 3 aromatic rings. The topological polar surface area (TPSA) is 72.6 Å². The lowest BCUT2D eigenvalue weighted by Gasteiger charge is -2.19. The van der Waals surface area contributed by atoms with Crippen LogP contribution in [0.1, 0.15) is 12.5 Å². The van der Waals surface area contributed by atoms with Crippen LogP contribution in [0.25, 0.3) is 11.0 Å². The van der Waals surface area contributed by atoms with Gasteiger partial charge in [0.05, 0.1) is 21.1 Å². The first kappa shape index (κ1) is 16.8. The summed E-state index contributed by atoms with van der Waals surface area (Å²) in [4.78, 5) is 12.0. The number of ether oxygens (including phenoxy) is 1. The standard InChI is InChI=1S/C17H13Cl2N5O2/c1-10(25)24-15(9-23-14-8-3-2-7-13(14)20-22-23)26-17(21-24)11-5-4-6-12(18)16(11)19/h2-8,15H,9H2,1H3/t15-/m1/s1. The first-order chi connectivity index (χ1) is 12.5. The van der Waals surface area contributed by atoms with Crippen LogP contribution >= 0.6 is 23.2 Å². The molecule has 1 aliphatic heterocycles. The van der Waals surface area contributed by atoms with Gasteiger partial charge in [-0.2, -0.15) is 5.01 Å². The van der Waals surface area contributed by atoms with Crippen molar-refractivity contribution >= 4 is 46.0 Å². The van der Waals surface area contributed by atoms with Gasteiger partial charge in [0.2, 0.25) is 18.0 Å². The number of amides is 1. The number of halogens is 2. The van der Waals surface area contributed by atoms with E-state index in [1.807, 2.05) is 24.3 Å². The van der Waals surface area contributed by atoms with Crippen molar-refractivity contribution in [2.45, 2.75) is 19.7 Å². The van der Waals surface area contributed by atoms with Gasteiger partial charge in [-0.05, 0) is 24.3 Å². The summed E-state index contributed by atoms with van der Waals surface area (Å²) >= 11 is 12.3. The molecule has 0 N–H and O–H groups in total. The Morgan fingerprint density at radius 1 is 1.19 bits per heavy atom. The van der Waals surface area contributed by atoms with E-state index in [0.29, 0.717) is 15.6 Å². The van der Waals surface area contributed by atoms with Crippen molar-refractivity contribution in [3.8, 4) is 0 Å². The molecule has 26 heavy (non-hydrogen) atoms. The summed E-state index contributed by atoms with van der Waals surface area (Å²) in [5.74, 6) is -0.0188. The summed E-state index contributed by atoms with van der Waals surface area (Å²) in [6.45, 7) is 1.69. The minimum Gasteiger partial charge on any atom is -0.448 e. The van der Waals surface area contributed by atoms with Crippen LogP contribution in [0.5, 0.6) is 0 Å². The number of hydrazone groups is 1. The van der Waals surface area contributed by atoms with E-state index >= 15 is 0 Å². The highest BCUT2D eigenvalue weighted by molar-refractivity contribution is 6.43. The van der Waals surface area contributed by atoms with Crippen molar-refractivity contribution in [2.75, 3.05) is 0 Å². The molecule has 1 atom stereocenters. The molecule has 1 aliphatic rings. The second-order valence-corrected chi connectivity index (χ2v) is 6.49. The quantitative estimate of drug-likeness (QED) is 0.688. The predicted molar refractivity (Wildman–Crippen MR) is 97.9 cm³/mol. The van der Waals surface area contributed by atoms with Gasteiger partial charge < -0.3 is 4.74 Å². The van der Waals surface area contributed by atoms with Gasteiger partial charge in [0.1, 0.15) is 12.1 Å². The van der Waals surface area contributed by atoms with Crippen LogP contribution in [0.15, 0.2) is 47.6 Å². The van der Waals surface area contributed by atoms with Gasteiger partial charge in [-0.25, -0.2) is 4.68 Å². The number of para-hydroxylation sites is 1. The molecule has 7 nitrogen and oxygen atoms in total. The van der Waals surface area contributed by atoms with Crippen LogP contribution in [-0.4, -0.2) is 38.0 Å². The largest absolute Gasteiger partial charge is 0.448 e. The number of benzene rings is 2. The Morgan fingerprint density at radius 3 is 2.81 bits per heavy atom. The number of nitrogens with zero attached hydrogens (tertiary/aromatic N) is 5. The van der Waals surface area contributed by atoms with E-state index in [1.165, 1.54) is 11.9 Å². The highest BCUT2D eigenvalue weighted by Crippen LogP contribution is 2.29. The number of aromatic nitrogens is 3. The zero-order valence-electron chi connectivity index (χ0n) is 13.6. The Kier molecular flexibility index (Phi) is 4.26. The van der Waals surface area contributed by atoms with Crippen molar-refractivity contribution in [2.24, 2.45) is 5.10 Å². The van der Waals surface area contributed by atoms with Crippen molar-refractivity contribution in [1.29, 1.82) is 0 Å². The Morgan fingerprint density at radius 2 is 2.00 bits per heavy atom. The number of hydrogen-bond acceptors (Lipinski definition) is 5. The summed E-state index contributed by atoms with van der Waals surface area (Å²) < 4.78 is 7.58. The molecule has 0 unspecified atom stereocenters. The van der Waals surface area contributed by atoms with Gasteiger partial charge in [0.15, 0.2) is 0 Å². The SMILES string of the molecule is CC(=O)N1N=C(c2cccc(Cl)c2Cl)O[C@@H]1Cn1nnc2ccccc21. The molecule has 0 radical (unpaired) electrons. The van der Waals surface area contributed by atoms with Crippen molar-refractivity contribution in [3.05, 3.63) is 58.1 Å². The highest BCUT2D eigenvalue weighted by Gasteiger charge is 2.33. The molecule has 0 aliphatic carbocycles. The molecular formula is C17H13Cl2N5O2. The molecule has 1 aromatic heterocycles. The van der Waals surface area contributed by atoms with Crippen molar-refractivity contribution in [3.63, 3.8) is 0 Å². The van der Waals surface area contributed by atoms with Gasteiger partial charge in [0.25, 0.3) is 0 Å². The Hall–Kier alpha value is -2.64. The fourth-order valence-corrected chi connectivity index (χ4v) is 3.12. The van der Waals surface area contributed by atoms with E-state index in [4.69, 9.17) is 27.9 Å². The lowest BCUT2D eigenvalue weighted by molar-refractivity contribution is -0.135. The number of carbonyl (C=O) groups is 1. The molecule has 1 amide bonds.